The lowest BCUT2D eigenvalue weighted by atomic mass is 10.2. The van der Waals surface area contributed by atoms with E-state index in [0.29, 0.717) is 23.5 Å². The van der Waals surface area contributed by atoms with Crippen LogP contribution in [0, 0.1) is 0 Å². The molecular weight excluding hydrogens is 260 g/mol. The number of ether oxygens (including phenoxy) is 1. The molecule has 0 aliphatic carbocycles. The maximum atomic E-state index is 11.8. The number of amides is 2. The molecule has 7 nitrogen and oxygen atoms in total. The van der Waals surface area contributed by atoms with Gasteiger partial charge in [-0.15, -0.1) is 0 Å². The average molecular weight is 274 g/mol. The Balaban J connectivity index is 1.95. The van der Waals surface area contributed by atoms with E-state index in [9.17, 15) is 9.59 Å². The quantitative estimate of drug-likeness (QED) is 0.796. The second kappa shape index (κ2) is 6.37. The minimum absolute atomic E-state index is 0.259. The number of carbonyl (C=O) groups is 2. The molecule has 0 saturated heterocycles. The third-order valence-electron chi connectivity index (χ3n) is 2.43. The Hall–Kier alpha value is -2.83. The van der Waals surface area contributed by atoms with Crippen molar-refractivity contribution in [1.82, 2.24) is 10.2 Å². The lowest BCUT2D eigenvalue weighted by Crippen LogP contribution is -2.13. The summed E-state index contributed by atoms with van der Waals surface area (Å²) in [7, 11) is 0. The Morgan fingerprint density at radius 2 is 1.85 bits per heavy atom. The van der Waals surface area contributed by atoms with Gasteiger partial charge in [-0.25, -0.2) is 4.79 Å². The third-order valence-corrected chi connectivity index (χ3v) is 2.43. The van der Waals surface area contributed by atoms with Crippen molar-refractivity contribution in [2.45, 2.75) is 6.92 Å². The first-order chi connectivity index (χ1) is 9.69. The number of H-pyrrole nitrogens is 1. The summed E-state index contributed by atoms with van der Waals surface area (Å²) in [5.74, 6) is -0.259. The van der Waals surface area contributed by atoms with Crippen LogP contribution in [0.4, 0.5) is 16.2 Å². The summed E-state index contributed by atoms with van der Waals surface area (Å²) in [6.07, 6.45) is 2.43. The molecule has 7 heteroatoms. The van der Waals surface area contributed by atoms with Crippen molar-refractivity contribution in [3.63, 3.8) is 0 Å². The molecule has 0 unspecified atom stereocenters. The van der Waals surface area contributed by atoms with Gasteiger partial charge in [-0.05, 0) is 31.2 Å². The van der Waals surface area contributed by atoms with Crippen molar-refractivity contribution >= 4 is 23.4 Å². The van der Waals surface area contributed by atoms with E-state index in [2.05, 4.69) is 20.8 Å². The third kappa shape index (κ3) is 3.58. The number of anilines is 2. The van der Waals surface area contributed by atoms with Gasteiger partial charge in [0.2, 0.25) is 0 Å². The molecule has 0 aliphatic heterocycles. The summed E-state index contributed by atoms with van der Waals surface area (Å²) in [5, 5.41) is 11.5. The highest BCUT2D eigenvalue weighted by atomic mass is 16.5. The SMILES string of the molecule is CCOC(=O)Nc1ccc(NC(=O)c2cn[nH]c2)cc1. The number of hydrogen-bond donors (Lipinski definition) is 3. The lowest BCUT2D eigenvalue weighted by Gasteiger charge is -2.07. The number of carbonyl (C=O) groups excluding carboxylic acids is 2. The van der Waals surface area contributed by atoms with Crippen molar-refractivity contribution in [2.75, 3.05) is 17.2 Å². The zero-order valence-electron chi connectivity index (χ0n) is 10.8. The number of hydrogen-bond acceptors (Lipinski definition) is 4. The Labute approximate surface area is 115 Å². The Bertz CT molecular complexity index is 578. The molecule has 2 aromatic rings. The molecule has 0 saturated carbocycles. The van der Waals surface area contributed by atoms with Crippen LogP contribution in [-0.2, 0) is 4.74 Å². The van der Waals surface area contributed by atoms with E-state index in [4.69, 9.17) is 4.74 Å². The van der Waals surface area contributed by atoms with E-state index in [0.717, 1.165) is 0 Å². The summed E-state index contributed by atoms with van der Waals surface area (Å²) >= 11 is 0. The van der Waals surface area contributed by atoms with E-state index in [1.807, 2.05) is 0 Å². The number of nitrogens with one attached hydrogen (secondary N) is 3. The van der Waals surface area contributed by atoms with E-state index < -0.39 is 6.09 Å². The van der Waals surface area contributed by atoms with Crippen LogP contribution in [0.3, 0.4) is 0 Å². The van der Waals surface area contributed by atoms with Gasteiger partial charge in [0, 0.05) is 17.6 Å². The molecule has 2 rings (SSSR count). The first-order valence-corrected chi connectivity index (χ1v) is 6.03. The molecule has 0 bridgehead atoms. The molecule has 3 N–H and O–H groups in total. The van der Waals surface area contributed by atoms with Gasteiger partial charge in [-0.2, -0.15) is 5.10 Å². The second-order valence-electron chi connectivity index (χ2n) is 3.86. The zero-order chi connectivity index (χ0) is 14.4. The Morgan fingerprint density at radius 3 is 2.40 bits per heavy atom. The maximum Gasteiger partial charge on any atom is 0.411 e. The van der Waals surface area contributed by atoms with Crippen LogP contribution < -0.4 is 10.6 Å². The molecule has 1 heterocycles. The molecule has 0 radical (unpaired) electrons. The van der Waals surface area contributed by atoms with Gasteiger partial charge in [-0.1, -0.05) is 0 Å². The van der Waals surface area contributed by atoms with Crippen LogP contribution in [0.15, 0.2) is 36.7 Å². The molecule has 0 aliphatic rings. The highest BCUT2D eigenvalue weighted by Gasteiger charge is 2.07. The van der Waals surface area contributed by atoms with Gasteiger partial charge in [0.15, 0.2) is 0 Å². The molecular formula is C13H14N4O3. The Kier molecular flexibility index (Phi) is 4.33. The summed E-state index contributed by atoms with van der Waals surface area (Å²) in [5.41, 5.74) is 1.65. The average Bonchev–Trinajstić information content (AvgIpc) is 2.95. The Morgan fingerprint density at radius 1 is 1.20 bits per heavy atom. The molecule has 20 heavy (non-hydrogen) atoms. The molecule has 0 fully saturated rings. The molecule has 1 aromatic carbocycles. The van der Waals surface area contributed by atoms with E-state index >= 15 is 0 Å². The molecule has 1 aromatic heterocycles. The van der Waals surface area contributed by atoms with Crippen LogP contribution in [0.25, 0.3) is 0 Å². The number of nitrogens with zero attached hydrogens (tertiary/aromatic N) is 1. The topological polar surface area (TPSA) is 96.1 Å². The van der Waals surface area contributed by atoms with E-state index in [1.165, 1.54) is 12.4 Å². The van der Waals surface area contributed by atoms with Crippen molar-refractivity contribution in [3.8, 4) is 0 Å². The van der Waals surface area contributed by atoms with Gasteiger partial charge in [0.05, 0.1) is 18.4 Å². The van der Waals surface area contributed by atoms with Crippen LogP contribution in [0.1, 0.15) is 17.3 Å². The van der Waals surface area contributed by atoms with Gasteiger partial charge in [0.1, 0.15) is 0 Å². The normalized spacial score (nSPS) is 9.85. The summed E-state index contributed by atoms with van der Waals surface area (Å²) in [4.78, 5) is 23.0. The monoisotopic (exact) mass is 274 g/mol. The fourth-order valence-electron chi connectivity index (χ4n) is 1.50. The summed E-state index contributed by atoms with van der Waals surface area (Å²) < 4.78 is 4.76. The van der Waals surface area contributed by atoms with Crippen LogP contribution in [-0.4, -0.2) is 28.8 Å². The number of aromatic nitrogens is 2. The predicted molar refractivity (Wildman–Crippen MR) is 73.6 cm³/mol. The smallest absolute Gasteiger partial charge is 0.411 e. The fraction of sp³-hybridized carbons (Fsp3) is 0.154. The molecule has 104 valence electrons. The minimum Gasteiger partial charge on any atom is -0.450 e. The van der Waals surface area contributed by atoms with Crippen molar-refractivity contribution < 1.29 is 14.3 Å². The molecule has 2 amide bonds. The van der Waals surface area contributed by atoms with Gasteiger partial charge < -0.3 is 10.1 Å². The first-order valence-electron chi connectivity index (χ1n) is 6.03. The standard InChI is InChI=1S/C13H14N4O3/c1-2-20-13(19)17-11-5-3-10(4-6-11)16-12(18)9-7-14-15-8-9/h3-8H,2H2,1H3,(H,14,15)(H,16,18)(H,17,19). The summed E-state index contributed by atoms with van der Waals surface area (Å²) in [6, 6.07) is 6.70. The highest BCUT2D eigenvalue weighted by molar-refractivity contribution is 6.04. The summed E-state index contributed by atoms with van der Waals surface area (Å²) in [6.45, 7) is 2.04. The van der Waals surface area contributed by atoms with Crippen molar-refractivity contribution in [1.29, 1.82) is 0 Å². The van der Waals surface area contributed by atoms with Crippen molar-refractivity contribution in [3.05, 3.63) is 42.2 Å². The van der Waals surface area contributed by atoms with E-state index in [-0.39, 0.29) is 5.91 Å². The highest BCUT2D eigenvalue weighted by Crippen LogP contribution is 2.14. The fourth-order valence-corrected chi connectivity index (χ4v) is 1.50. The van der Waals surface area contributed by atoms with Crippen LogP contribution in [0.2, 0.25) is 0 Å². The number of rotatable bonds is 4. The van der Waals surface area contributed by atoms with E-state index in [1.54, 1.807) is 31.2 Å². The maximum absolute atomic E-state index is 11.8. The second-order valence-corrected chi connectivity index (χ2v) is 3.86. The lowest BCUT2D eigenvalue weighted by molar-refractivity contribution is 0.102. The van der Waals surface area contributed by atoms with Crippen LogP contribution in [0.5, 0.6) is 0 Å². The largest absolute Gasteiger partial charge is 0.450 e. The molecule has 0 spiro atoms. The van der Waals surface area contributed by atoms with Gasteiger partial charge >= 0.3 is 6.09 Å². The predicted octanol–water partition coefficient (Wildman–Crippen LogP) is 2.23. The minimum atomic E-state index is -0.511. The zero-order valence-corrected chi connectivity index (χ0v) is 10.8. The molecule has 0 atom stereocenters. The number of benzene rings is 1. The van der Waals surface area contributed by atoms with Crippen molar-refractivity contribution in [2.24, 2.45) is 0 Å². The first kappa shape index (κ1) is 13.6. The van der Waals surface area contributed by atoms with Gasteiger partial charge in [-0.3, -0.25) is 15.2 Å². The van der Waals surface area contributed by atoms with Crippen LogP contribution >= 0.6 is 0 Å². The number of aromatic amines is 1. The van der Waals surface area contributed by atoms with Gasteiger partial charge in [0.25, 0.3) is 5.91 Å².